The standard InChI is InChI=1S/C12H16N4O2S/c1-7-10(19-8(2)14-7)5-13-11(17)9-6-16(3)15-12(9)18-4/h6H,5H2,1-4H3,(H,13,17). The summed E-state index contributed by atoms with van der Waals surface area (Å²) in [4.78, 5) is 17.5. The highest BCUT2D eigenvalue weighted by atomic mass is 32.1. The fraction of sp³-hybridized carbons (Fsp3) is 0.417. The smallest absolute Gasteiger partial charge is 0.258 e. The van der Waals surface area contributed by atoms with Gasteiger partial charge in [0.05, 0.1) is 24.4 Å². The monoisotopic (exact) mass is 280 g/mol. The Labute approximate surface area is 115 Å². The number of nitrogens with one attached hydrogen (secondary N) is 1. The SMILES string of the molecule is COc1nn(C)cc1C(=O)NCc1sc(C)nc1C. The molecule has 0 saturated heterocycles. The highest BCUT2D eigenvalue weighted by Crippen LogP contribution is 2.18. The van der Waals surface area contributed by atoms with E-state index in [1.165, 1.54) is 7.11 Å². The number of hydrogen-bond donors (Lipinski definition) is 1. The van der Waals surface area contributed by atoms with Gasteiger partial charge in [-0.1, -0.05) is 0 Å². The van der Waals surface area contributed by atoms with Gasteiger partial charge in [0, 0.05) is 18.1 Å². The van der Waals surface area contributed by atoms with E-state index in [4.69, 9.17) is 4.74 Å². The van der Waals surface area contributed by atoms with Crippen LogP contribution in [-0.2, 0) is 13.6 Å². The van der Waals surface area contributed by atoms with Crippen molar-refractivity contribution in [3.05, 3.63) is 27.3 Å². The summed E-state index contributed by atoms with van der Waals surface area (Å²) in [5, 5.41) is 7.91. The first-order valence-corrected chi connectivity index (χ1v) is 6.61. The number of ether oxygens (including phenoxy) is 1. The topological polar surface area (TPSA) is 69.0 Å². The number of thiazole rings is 1. The van der Waals surface area contributed by atoms with Crippen LogP contribution in [0.1, 0.15) is 25.9 Å². The lowest BCUT2D eigenvalue weighted by Crippen LogP contribution is -2.22. The highest BCUT2D eigenvalue weighted by Gasteiger charge is 2.16. The molecule has 1 N–H and O–H groups in total. The second-order valence-corrected chi connectivity index (χ2v) is 5.44. The van der Waals surface area contributed by atoms with Crippen LogP contribution in [-0.4, -0.2) is 27.8 Å². The van der Waals surface area contributed by atoms with Crippen molar-refractivity contribution in [2.75, 3.05) is 7.11 Å². The van der Waals surface area contributed by atoms with E-state index in [1.807, 2.05) is 13.8 Å². The zero-order chi connectivity index (χ0) is 14.0. The van der Waals surface area contributed by atoms with Crippen molar-refractivity contribution in [1.82, 2.24) is 20.1 Å². The van der Waals surface area contributed by atoms with E-state index in [1.54, 1.807) is 29.3 Å². The third kappa shape index (κ3) is 2.93. The predicted molar refractivity (Wildman–Crippen MR) is 72.5 cm³/mol. The molecule has 0 aliphatic carbocycles. The van der Waals surface area contributed by atoms with Crippen LogP contribution < -0.4 is 10.1 Å². The van der Waals surface area contributed by atoms with Gasteiger partial charge in [-0.3, -0.25) is 9.48 Å². The second-order valence-electron chi connectivity index (χ2n) is 4.15. The van der Waals surface area contributed by atoms with Crippen molar-refractivity contribution in [1.29, 1.82) is 0 Å². The van der Waals surface area contributed by atoms with Gasteiger partial charge in [0.15, 0.2) is 0 Å². The molecule has 2 aromatic rings. The van der Waals surface area contributed by atoms with E-state index in [9.17, 15) is 4.79 Å². The Kier molecular flexibility index (Phi) is 3.84. The van der Waals surface area contributed by atoms with Crippen LogP contribution in [0.25, 0.3) is 0 Å². The number of aromatic nitrogens is 3. The molecule has 0 bridgehead atoms. The maximum atomic E-state index is 12.1. The first-order valence-electron chi connectivity index (χ1n) is 5.80. The number of hydrogen-bond acceptors (Lipinski definition) is 5. The van der Waals surface area contributed by atoms with Crippen LogP contribution in [0.3, 0.4) is 0 Å². The Morgan fingerprint density at radius 2 is 2.26 bits per heavy atom. The maximum absolute atomic E-state index is 12.1. The fourth-order valence-electron chi connectivity index (χ4n) is 1.77. The molecule has 0 atom stereocenters. The first-order chi connectivity index (χ1) is 9.01. The van der Waals surface area contributed by atoms with Gasteiger partial charge in [0.2, 0.25) is 5.88 Å². The average molecular weight is 280 g/mol. The van der Waals surface area contributed by atoms with E-state index >= 15 is 0 Å². The molecule has 19 heavy (non-hydrogen) atoms. The zero-order valence-corrected chi connectivity index (χ0v) is 12.2. The molecule has 7 heteroatoms. The molecular formula is C12H16N4O2S. The third-order valence-electron chi connectivity index (χ3n) is 2.64. The molecule has 0 unspecified atom stereocenters. The summed E-state index contributed by atoms with van der Waals surface area (Å²) in [5.41, 5.74) is 1.39. The Morgan fingerprint density at radius 3 is 2.84 bits per heavy atom. The summed E-state index contributed by atoms with van der Waals surface area (Å²) in [7, 11) is 3.24. The van der Waals surface area contributed by atoms with Gasteiger partial charge in [-0.15, -0.1) is 16.4 Å². The van der Waals surface area contributed by atoms with Crippen LogP contribution in [0.15, 0.2) is 6.20 Å². The largest absolute Gasteiger partial charge is 0.479 e. The van der Waals surface area contributed by atoms with Gasteiger partial charge in [0.1, 0.15) is 5.56 Å². The molecule has 0 aliphatic rings. The van der Waals surface area contributed by atoms with Gasteiger partial charge in [-0.05, 0) is 13.8 Å². The molecule has 0 radical (unpaired) electrons. The summed E-state index contributed by atoms with van der Waals surface area (Å²) in [6.45, 7) is 4.36. The van der Waals surface area contributed by atoms with Gasteiger partial charge >= 0.3 is 0 Å². The summed E-state index contributed by atoms with van der Waals surface area (Å²) in [6, 6.07) is 0. The molecule has 2 heterocycles. The fourth-order valence-corrected chi connectivity index (χ4v) is 2.64. The van der Waals surface area contributed by atoms with Gasteiger partial charge in [-0.2, -0.15) is 0 Å². The van der Waals surface area contributed by atoms with Crippen LogP contribution in [0, 0.1) is 13.8 Å². The normalized spacial score (nSPS) is 10.5. The third-order valence-corrected chi connectivity index (χ3v) is 3.71. The van der Waals surface area contributed by atoms with E-state index in [0.29, 0.717) is 18.0 Å². The lowest BCUT2D eigenvalue weighted by molar-refractivity contribution is 0.0948. The van der Waals surface area contributed by atoms with Gasteiger partial charge < -0.3 is 10.1 Å². The number of amides is 1. The molecule has 2 rings (SSSR count). The Bertz CT molecular complexity index is 603. The number of nitrogens with zero attached hydrogens (tertiary/aromatic N) is 3. The van der Waals surface area contributed by atoms with Crippen LogP contribution in [0.2, 0.25) is 0 Å². The van der Waals surface area contributed by atoms with Crippen LogP contribution in [0.5, 0.6) is 5.88 Å². The lowest BCUT2D eigenvalue weighted by atomic mass is 10.3. The minimum Gasteiger partial charge on any atom is -0.479 e. The summed E-state index contributed by atoms with van der Waals surface area (Å²) in [6.07, 6.45) is 1.64. The first kappa shape index (κ1) is 13.5. The predicted octanol–water partition coefficient (Wildman–Crippen LogP) is 1.43. The number of rotatable bonds is 4. The molecule has 1 amide bonds. The van der Waals surface area contributed by atoms with Gasteiger partial charge in [-0.25, -0.2) is 4.98 Å². The number of carbonyl (C=O) groups is 1. The molecule has 0 spiro atoms. The second kappa shape index (κ2) is 5.40. The van der Waals surface area contributed by atoms with Crippen molar-refractivity contribution in [3.8, 4) is 5.88 Å². The molecule has 6 nitrogen and oxygen atoms in total. The van der Waals surface area contributed by atoms with Crippen LogP contribution >= 0.6 is 11.3 Å². The summed E-state index contributed by atoms with van der Waals surface area (Å²) < 4.78 is 6.62. The van der Waals surface area contributed by atoms with Gasteiger partial charge in [0.25, 0.3) is 5.91 Å². The quantitative estimate of drug-likeness (QED) is 0.920. The Hall–Kier alpha value is -1.89. The van der Waals surface area contributed by atoms with Crippen LogP contribution in [0.4, 0.5) is 0 Å². The summed E-state index contributed by atoms with van der Waals surface area (Å²) >= 11 is 1.59. The lowest BCUT2D eigenvalue weighted by Gasteiger charge is -2.03. The molecule has 102 valence electrons. The highest BCUT2D eigenvalue weighted by molar-refractivity contribution is 7.11. The molecular weight excluding hydrogens is 264 g/mol. The number of aryl methyl sites for hydroxylation is 3. The van der Waals surface area contributed by atoms with Crippen molar-refractivity contribution in [2.45, 2.75) is 20.4 Å². The number of carbonyl (C=O) groups excluding carboxylic acids is 1. The van der Waals surface area contributed by atoms with Crippen molar-refractivity contribution in [2.24, 2.45) is 7.05 Å². The van der Waals surface area contributed by atoms with Crippen molar-refractivity contribution >= 4 is 17.2 Å². The summed E-state index contributed by atoms with van der Waals surface area (Å²) in [5.74, 6) is 0.132. The minimum atomic E-state index is -0.199. The Balaban J connectivity index is 2.07. The molecule has 0 saturated carbocycles. The average Bonchev–Trinajstić information content (AvgIpc) is 2.89. The number of methoxy groups -OCH3 is 1. The molecule has 2 aromatic heterocycles. The van der Waals surface area contributed by atoms with E-state index < -0.39 is 0 Å². The van der Waals surface area contributed by atoms with Crippen molar-refractivity contribution < 1.29 is 9.53 Å². The van der Waals surface area contributed by atoms with E-state index in [2.05, 4.69) is 15.4 Å². The maximum Gasteiger partial charge on any atom is 0.258 e. The molecule has 0 aromatic carbocycles. The molecule has 0 fully saturated rings. The van der Waals surface area contributed by atoms with Crippen molar-refractivity contribution in [3.63, 3.8) is 0 Å². The molecule has 0 aliphatic heterocycles. The van der Waals surface area contributed by atoms with E-state index in [-0.39, 0.29) is 5.91 Å². The minimum absolute atomic E-state index is 0.199. The zero-order valence-electron chi connectivity index (χ0n) is 11.4. The van der Waals surface area contributed by atoms with E-state index in [0.717, 1.165) is 15.6 Å². The Morgan fingerprint density at radius 1 is 1.53 bits per heavy atom.